The molecule has 22 heavy (non-hydrogen) atoms. The van der Waals surface area contributed by atoms with Crippen LogP contribution in [0.4, 0.5) is 0 Å². The number of benzene rings is 1. The zero-order valence-corrected chi connectivity index (χ0v) is 14.1. The largest absolute Gasteiger partial charge is 0.493 e. The molecule has 0 bridgehead atoms. The Kier molecular flexibility index (Phi) is 5.66. The first-order valence-electron chi connectivity index (χ1n) is 7.91. The summed E-state index contributed by atoms with van der Waals surface area (Å²) < 4.78 is 13.1. The van der Waals surface area contributed by atoms with Gasteiger partial charge in [-0.05, 0) is 25.3 Å². The molecule has 0 spiro atoms. The molecule has 122 valence electrons. The summed E-state index contributed by atoms with van der Waals surface area (Å²) >= 11 is 0. The molecular formula is C17H27N3O2. The minimum atomic E-state index is 0.564. The van der Waals surface area contributed by atoms with E-state index in [1.165, 1.54) is 0 Å². The van der Waals surface area contributed by atoms with Crippen LogP contribution in [-0.2, 0) is 13.0 Å². The highest BCUT2D eigenvalue weighted by Crippen LogP contribution is 2.33. The topological polar surface area (TPSA) is 62.3 Å². The summed E-state index contributed by atoms with van der Waals surface area (Å²) in [6.45, 7) is 6.09. The van der Waals surface area contributed by atoms with Crippen LogP contribution in [0.3, 0.4) is 0 Å². The summed E-state index contributed by atoms with van der Waals surface area (Å²) in [6.07, 6.45) is 3.04. The third-order valence-electron chi connectivity index (χ3n) is 3.76. The summed E-state index contributed by atoms with van der Waals surface area (Å²) in [5.41, 5.74) is 7.68. The molecule has 0 fully saturated rings. The molecule has 0 radical (unpaired) electrons. The van der Waals surface area contributed by atoms with Crippen molar-refractivity contribution in [3.05, 3.63) is 18.0 Å². The van der Waals surface area contributed by atoms with Gasteiger partial charge >= 0.3 is 0 Å². The summed E-state index contributed by atoms with van der Waals surface area (Å²) in [5, 5.41) is 0. The Hall–Kier alpha value is -1.75. The third kappa shape index (κ3) is 3.53. The average molecular weight is 305 g/mol. The molecule has 0 saturated carbocycles. The van der Waals surface area contributed by atoms with Gasteiger partial charge in [0, 0.05) is 25.1 Å². The van der Waals surface area contributed by atoms with Crippen LogP contribution in [0.1, 0.15) is 32.5 Å². The Balaban J connectivity index is 2.49. The molecule has 0 aliphatic rings. The number of imidazole rings is 1. The SMILES string of the molecule is COc1cc2nc(CC(C)C)n(CCCCN)c2cc1OC. The van der Waals surface area contributed by atoms with E-state index in [4.69, 9.17) is 20.2 Å². The molecule has 5 heteroatoms. The van der Waals surface area contributed by atoms with Crippen LogP contribution in [0, 0.1) is 5.92 Å². The number of nitrogens with zero attached hydrogens (tertiary/aromatic N) is 2. The first-order chi connectivity index (χ1) is 10.6. The van der Waals surface area contributed by atoms with Gasteiger partial charge in [0.05, 0.1) is 25.3 Å². The molecule has 1 aromatic carbocycles. The molecule has 2 N–H and O–H groups in total. The zero-order chi connectivity index (χ0) is 16.1. The highest BCUT2D eigenvalue weighted by molar-refractivity contribution is 5.80. The van der Waals surface area contributed by atoms with E-state index in [0.29, 0.717) is 5.92 Å². The van der Waals surface area contributed by atoms with Gasteiger partial charge in [-0.3, -0.25) is 0 Å². The van der Waals surface area contributed by atoms with Gasteiger partial charge in [0.1, 0.15) is 5.82 Å². The maximum atomic E-state index is 5.62. The second kappa shape index (κ2) is 7.49. The number of hydrogen-bond donors (Lipinski definition) is 1. The molecule has 0 amide bonds. The highest BCUT2D eigenvalue weighted by atomic mass is 16.5. The molecule has 1 heterocycles. The van der Waals surface area contributed by atoms with Crippen molar-refractivity contribution in [1.82, 2.24) is 9.55 Å². The van der Waals surface area contributed by atoms with E-state index in [9.17, 15) is 0 Å². The maximum Gasteiger partial charge on any atom is 0.163 e. The van der Waals surface area contributed by atoms with Gasteiger partial charge in [-0.25, -0.2) is 4.98 Å². The van der Waals surface area contributed by atoms with Crippen molar-refractivity contribution in [2.75, 3.05) is 20.8 Å². The van der Waals surface area contributed by atoms with Crippen molar-refractivity contribution < 1.29 is 9.47 Å². The third-order valence-corrected chi connectivity index (χ3v) is 3.76. The number of aryl methyl sites for hydroxylation is 1. The van der Waals surface area contributed by atoms with E-state index >= 15 is 0 Å². The monoisotopic (exact) mass is 305 g/mol. The smallest absolute Gasteiger partial charge is 0.163 e. The summed E-state index contributed by atoms with van der Waals surface area (Å²) in [6, 6.07) is 3.98. The average Bonchev–Trinajstić information content (AvgIpc) is 2.82. The molecule has 0 atom stereocenters. The van der Waals surface area contributed by atoms with Crippen LogP contribution < -0.4 is 15.2 Å². The van der Waals surface area contributed by atoms with E-state index in [1.807, 2.05) is 12.1 Å². The highest BCUT2D eigenvalue weighted by Gasteiger charge is 2.15. The van der Waals surface area contributed by atoms with E-state index < -0.39 is 0 Å². The number of methoxy groups -OCH3 is 2. The fourth-order valence-corrected chi connectivity index (χ4v) is 2.69. The molecule has 0 aliphatic heterocycles. The number of unbranched alkanes of at least 4 members (excludes halogenated alkanes) is 1. The van der Waals surface area contributed by atoms with Crippen LogP contribution in [0.2, 0.25) is 0 Å². The second-order valence-electron chi connectivity index (χ2n) is 5.97. The molecule has 5 nitrogen and oxygen atoms in total. The minimum absolute atomic E-state index is 0.564. The van der Waals surface area contributed by atoms with Gasteiger partial charge in [0.15, 0.2) is 11.5 Å². The minimum Gasteiger partial charge on any atom is -0.493 e. The van der Waals surface area contributed by atoms with Gasteiger partial charge < -0.3 is 19.8 Å². The van der Waals surface area contributed by atoms with Crippen molar-refractivity contribution in [1.29, 1.82) is 0 Å². The van der Waals surface area contributed by atoms with Gasteiger partial charge in [-0.15, -0.1) is 0 Å². The molecule has 0 unspecified atom stereocenters. The predicted octanol–water partition coefficient (Wildman–Crippen LogP) is 2.99. The Morgan fingerprint density at radius 3 is 2.41 bits per heavy atom. The Morgan fingerprint density at radius 1 is 1.14 bits per heavy atom. The van der Waals surface area contributed by atoms with Crippen LogP contribution in [0.15, 0.2) is 12.1 Å². The maximum absolute atomic E-state index is 5.62. The number of aromatic nitrogens is 2. The number of ether oxygens (including phenoxy) is 2. The van der Waals surface area contributed by atoms with Gasteiger partial charge in [0.25, 0.3) is 0 Å². The number of hydrogen-bond acceptors (Lipinski definition) is 4. The molecule has 0 aliphatic carbocycles. The number of rotatable bonds is 8. The van der Waals surface area contributed by atoms with Crippen molar-refractivity contribution in [3.8, 4) is 11.5 Å². The van der Waals surface area contributed by atoms with Gasteiger partial charge in [-0.1, -0.05) is 13.8 Å². The van der Waals surface area contributed by atoms with Crippen molar-refractivity contribution in [3.63, 3.8) is 0 Å². The lowest BCUT2D eigenvalue weighted by Crippen LogP contribution is -2.09. The number of nitrogens with two attached hydrogens (primary N) is 1. The van der Waals surface area contributed by atoms with Crippen LogP contribution in [0.5, 0.6) is 11.5 Å². The van der Waals surface area contributed by atoms with E-state index in [0.717, 1.165) is 60.7 Å². The van der Waals surface area contributed by atoms with E-state index in [-0.39, 0.29) is 0 Å². The summed E-state index contributed by atoms with van der Waals surface area (Å²) in [5.74, 6) is 3.15. The second-order valence-corrected chi connectivity index (χ2v) is 5.97. The Morgan fingerprint density at radius 2 is 1.82 bits per heavy atom. The Labute approximate surface area is 132 Å². The zero-order valence-electron chi connectivity index (χ0n) is 14.1. The summed E-state index contributed by atoms with van der Waals surface area (Å²) in [7, 11) is 3.31. The van der Waals surface area contributed by atoms with Crippen LogP contribution >= 0.6 is 0 Å². The molecule has 0 saturated heterocycles. The Bertz CT molecular complexity index is 620. The molecule has 2 aromatic rings. The molecule has 1 aromatic heterocycles. The number of fused-ring (bicyclic) bond motifs is 1. The lowest BCUT2D eigenvalue weighted by atomic mass is 10.1. The fraction of sp³-hybridized carbons (Fsp3) is 0.588. The lowest BCUT2D eigenvalue weighted by molar-refractivity contribution is 0.355. The van der Waals surface area contributed by atoms with Crippen molar-refractivity contribution >= 4 is 11.0 Å². The molecular weight excluding hydrogens is 278 g/mol. The van der Waals surface area contributed by atoms with Crippen LogP contribution in [-0.4, -0.2) is 30.3 Å². The fourth-order valence-electron chi connectivity index (χ4n) is 2.69. The van der Waals surface area contributed by atoms with Crippen molar-refractivity contribution in [2.45, 2.75) is 39.7 Å². The first-order valence-corrected chi connectivity index (χ1v) is 7.91. The normalized spacial score (nSPS) is 11.4. The van der Waals surface area contributed by atoms with Crippen LogP contribution in [0.25, 0.3) is 11.0 Å². The van der Waals surface area contributed by atoms with E-state index in [2.05, 4.69) is 18.4 Å². The first kappa shape index (κ1) is 16.6. The standard InChI is InChI=1S/C17H27N3O2/c1-12(2)9-17-19-13-10-15(21-3)16(22-4)11-14(13)20(17)8-6-5-7-18/h10-12H,5-9,18H2,1-4H3. The van der Waals surface area contributed by atoms with Crippen molar-refractivity contribution in [2.24, 2.45) is 11.7 Å². The quantitative estimate of drug-likeness (QED) is 0.762. The van der Waals surface area contributed by atoms with E-state index in [1.54, 1.807) is 14.2 Å². The predicted molar refractivity (Wildman–Crippen MR) is 89.7 cm³/mol. The lowest BCUT2D eigenvalue weighted by Gasteiger charge is -2.12. The van der Waals surface area contributed by atoms with Gasteiger partial charge in [-0.2, -0.15) is 0 Å². The molecule has 2 rings (SSSR count). The van der Waals surface area contributed by atoms with Gasteiger partial charge in [0.2, 0.25) is 0 Å². The summed E-state index contributed by atoms with van der Waals surface area (Å²) in [4.78, 5) is 4.81.